The fraction of sp³-hybridized carbons (Fsp3) is 0.217. The summed E-state index contributed by atoms with van der Waals surface area (Å²) in [6.07, 6.45) is 1.79. The minimum atomic E-state index is -0.112. The van der Waals surface area contributed by atoms with Gasteiger partial charge >= 0.3 is 0 Å². The molecule has 0 unspecified atom stereocenters. The van der Waals surface area contributed by atoms with E-state index in [1.807, 2.05) is 38.1 Å². The van der Waals surface area contributed by atoms with E-state index in [-0.39, 0.29) is 11.9 Å². The van der Waals surface area contributed by atoms with Crippen LogP contribution in [0.1, 0.15) is 33.4 Å². The number of benzene rings is 1. The predicted octanol–water partition coefficient (Wildman–Crippen LogP) is 3.68. The van der Waals surface area contributed by atoms with Crippen LogP contribution in [0.5, 0.6) is 0 Å². The van der Waals surface area contributed by atoms with E-state index in [1.165, 1.54) is 11.3 Å². The average Bonchev–Trinajstić information content (AvgIpc) is 3.19. The van der Waals surface area contributed by atoms with Gasteiger partial charge in [-0.25, -0.2) is 9.97 Å². The van der Waals surface area contributed by atoms with E-state index >= 15 is 0 Å². The zero-order valence-corrected chi connectivity index (χ0v) is 18.3. The minimum Gasteiger partial charge on any atom is -0.368 e. The summed E-state index contributed by atoms with van der Waals surface area (Å²) in [5, 5.41) is 7.09. The van der Waals surface area contributed by atoms with Gasteiger partial charge in [0.15, 0.2) is 0 Å². The number of carbonyl (C=O) groups excluding carboxylic acids is 1. The number of nitrogens with zero attached hydrogens (tertiary/aromatic N) is 3. The van der Waals surface area contributed by atoms with E-state index < -0.39 is 0 Å². The van der Waals surface area contributed by atoms with Gasteiger partial charge in [-0.2, -0.15) is 0 Å². The largest absolute Gasteiger partial charge is 0.368 e. The van der Waals surface area contributed by atoms with Crippen LogP contribution < -0.4 is 16.4 Å². The lowest BCUT2D eigenvalue weighted by Crippen LogP contribution is -2.21. The molecule has 0 spiro atoms. The molecule has 3 aromatic heterocycles. The lowest BCUT2D eigenvalue weighted by Gasteiger charge is -2.11. The van der Waals surface area contributed by atoms with Gasteiger partial charge in [0.05, 0.1) is 16.3 Å². The van der Waals surface area contributed by atoms with Crippen LogP contribution in [0.25, 0.3) is 21.5 Å². The van der Waals surface area contributed by atoms with Crippen LogP contribution in [-0.4, -0.2) is 27.4 Å². The highest BCUT2D eigenvalue weighted by Crippen LogP contribution is 2.34. The van der Waals surface area contributed by atoms with Crippen molar-refractivity contribution in [1.29, 1.82) is 0 Å². The van der Waals surface area contributed by atoms with Crippen LogP contribution in [0.2, 0.25) is 0 Å². The zero-order valence-electron chi connectivity index (χ0n) is 17.5. The first-order valence-corrected chi connectivity index (χ1v) is 10.9. The Hall–Kier alpha value is -3.36. The number of thiophene rings is 1. The molecule has 0 saturated heterocycles. The third-order valence-corrected chi connectivity index (χ3v) is 5.92. The molecular weight excluding hydrogens is 408 g/mol. The summed E-state index contributed by atoms with van der Waals surface area (Å²) in [6, 6.07) is 14.0. The van der Waals surface area contributed by atoms with Crippen molar-refractivity contribution in [3.8, 4) is 11.3 Å². The number of hydrogen-bond acceptors (Lipinski definition) is 7. The third-order valence-electron chi connectivity index (χ3n) is 4.89. The Morgan fingerprint density at radius 2 is 2.00 bits per heavy atom. The molecule has 3 heterocycles. The van der Waals surface area contributed by atoms with Crippen LogP contribution in [0.4, 0.5) is 5.95 Å². The van der Waals surface area contributed by atoms with E-state index in [0.29, 0.717) is 29.3 Å². The molecular formula is C23H24N6OS. The molecule has 158 valence electrons. The minimum absolute atomic E-state index is 0.112. The van der Waals surface area contributed by atoms with Crippen LogP contribution in [0, 0.1) is 6.92 Å². The molecule has 0 saturated carbocycles. The Morgan fingerprint density at radius 1 is 1.13 bits per heavy atom. The number of nitrogens with two attached hydrogens (primary N) is 1. The van der Waals surface area contributed by atoms with Crippen molar-refractivity contribution >= 4 is 33.4 Å². The summed E-state index contributed by atoms with van der Waals surface area (Å²) in [4.78, 5) is 26.8. The second-order valence-corrected chi connectivity index (χ2v) is 8.22. The molecule has 1 amide bonds. The van der Waals surface area contributed by atoms with E-state index in [1.54, 1.807) is 6.20 Å². The second-order valence-electron chi connectivity index (χ2n) is 7.19. The van der Waals surface area contributed by atoms with Crippen molar-refractivity contribution < 1.29 is 4.79 Å². The van der Waals surface area contributed by atoms with Crippen LogP contribution in [-0.2, 0) is 13.1 Å². The number of nitrogen functional groups attached to an aromatic ring is 1. The van der Waals surface area contributed by atoms with Crippen molar-refractivity contribution in [2.75, 3.05) is 12.3 Å². The SMILES string of the molecule is CCNC(=O)c1cc2c(-c3cc(CNCc4ccccn4)ccc3C)nc(N)nc2s1. The molecule has 0 aliphatic heterocycles. The molecule has 8 heteroatoms. The molecule has 4 N–H and O–H groups in total. The zero-order chi connectivity index (χ0) is 21.8. The molecule has 0 aliphatic rings. The number of aryl methyl sites for hydroxylation is 1. The van der Waals surface area contributed by atoms with E-state index in [4.69, 9.17) is 5.73 Å². The van der Waals surface area contributed by atoms with Gasteiger partial charge in [-0.05, 0) is 49.2 Å². The average molecular weight is 433 g/mol. The predicted molar refractivity (Wildman–Crippen MR) is 125 cm³/mol. The summed E-state index contributed by atoms with van der Waals surface area (Å²) in [5.74, 6) is 0.0871. The lowest BCUT2D eigenvalue weighted by atomic mass is 10.00. The first-order valence-electron chi connectivity index (χ1n) is 10.1. The quantitative estimate of drug-likeness (QED) is 0.411. The number of hydrogen-bond donors (Lipinski definition) is 3. The fourth-order valence-corrected chi connectivity index (χ4v) is 4.33. The van der Waals surface area contributed by atoms with Crippen molar-refractivity contribution in [2.24, 2.45) is 0 Å². The molecule has 1 aromatic carbocycles. The number of carbonyl (C=O) groups is 1. The van der Waals surface area contributed by atoms with Gasteiger partial charge in [0.1, 0.15) is 4.83 Å². The van der Waals surface area contributed by atoms with Gasteiger partial charge in [-0.15, -0.1) is 11.3 Å². The molecule has 0 bridgehead atoms. The number of nitrogens with one attached hydrogen (secondary N) is 2. The summed E-state index contributed by atoms with van der Waals surface area (Å²) < 4.78 is 0. The topological polar surface area (TPSA) is 106 Å². The van der Waals surface area contributed by atoms with Crippen LogP contribution in [0.3, 0.4) is 0 Å². The highest BCUT2D eigenvalue weighted by molar-refractivity contribution is 7.20. The Morgan fingerprint density at radius 3 is 2.77 bits per heavy atom. The number of fused-ring (bicyclic) bond motifs is 1. The second kappa shape index (κ2) is 9.20. The van der Waals surface area contributed by atoms with E-state index in [9.17, 15) is 4.79 Å². The lowest BCUT2D eigenvalue weighted by molar-refractivity contribution is 0.0960. The van der Waals surface area contributed by atoms with E-state index in [2.05, 4.69) is 43.8 Å². The standard InChI is InChI=1S/C23H24N6OS/c1-3-26-21(30)19-11-18-20(28-23(24)29-22(18)31-19)17-10-15(8-7-14(17)2)12-25-13-16-6-4-5-9-27-16/h4-11,25H,3,12-13H2,1-2H3,(H,26,30)(H2,24,28,29). The van der Waals surface area contributed by atoms with Gasteiger partial charge in [-0.1, -0.05) is 18.2 Å². The van der Waals surface area contributed by atoms with Crippen molar-refractivity contribution in [2.45, 2.75) is 26.9 Å². The number of amides is 1. The molecule has 4 rings (SSSR count). The Kier molecular flexibility index (Phi) is 6.20. The number of anilines is 1. The normalized spacial score (nSPS) is 11.0. The van der Waals surface area contributed by atoms with Gasteiger partial charge in [0.25, 0.3) is 5.91 Å². The van der Waals surface area contributed by atoms with Gasteiger partial charge < -0.3 is 16.4 Å². The summed E-state index contributed by atoms with van der Waals surface area (Å²) in [6.45, 7) is 5.89. The maximum absolute atomic E-state index is 12.3. The van der Waals surface area contributed by atoms with Crippen molar-refractivity contribution in [1.82, 2.24) is 25.6 Å². The van der Waals surface area contributed by atoms with Crippen molar-refractivity contribution in [3.05, 3.63) is 70.4 Å². The van der Waals surface area contributed by atoms with Crippen LogP contribution >= 0.6 is 11.3 Å². The highest BCUT2D eigenvalue weighted by Gasteiger charge is 2.17. The van der Waals surface area contributed by atoms with Crippen molar-refractivity contribution in [3.63, 3.8) is 0 Å². The monoisotopic (exact) mass is 432 g/mol. The molecule has 0 atom stereocenters. The first-order chi connectivity index (χ1) is 15.0. The van der Waals surface area contributed by atoms with Gasteiger partial charge in [0, 0.05) is 36.8 Å². The molecule has 31 heavy (non-hydrogen) atoms. The molecule has 0 fully saturated rings. The smallest absolute Gasteiger partial charge is 0.261 e. The molecule has 0 aliphatic carbocycles. The van der Waals surface area contributed by atoms with Gasteiger partial charge in [0.2, 0.25) is 5.95 Å². The van der Waals surface area contributed by atoms with Gasteiger partial charge in [-0.3, -0.25) is 9.78 Å². The number of pyridine rings is 1. The maximum Gasteiger partial charge on any atom is 0.261 e. The Labute approximate surface area is 184 Å². The summed E-state index contributed by atoms with van der Waals surface area (Å²) >= 11 is 1.33. The first kappa shape index (κ1) is 20.9. The number of aromatic nitrogens is 3. The third kappa shape index (κ3) is 4.70. The Balaban J connectivity index is 1.65. The van der Waals surface area contributed by atoms with E-state index in [0.717, 1.165) is 33.5 Å². The highest BCUT2D eigenvalue weighted by atomic mass is 32.1. The summed E-state index contributed by atoms with van der Waals surface area (Å²) in [7, 11) is 0. The number of rotatable bonds is 7. The molecule has 4 aromatic rings. The molecule has 7 nitrogen and oxygen atoms in total. The Bertz CT molecular complexity index is 1220. The fourth-order valence-electron chi connectivity index (χ4n) is 3.37. The summed E-state index contributed by atoms with van der Waals surface area (Å²) in [5.41, 5.74) is 10.9. The maximum atomic E-state index is 12.3. The van der Waals surface area contributed by atoms with Crippen LogP contribution in [0.15, 0.2) is 48.7 Å². The molecule has 0 radical (unpaired) electrons.